The molecule has 2 heterocycles. The summed E-state index contributed by atoms with van der Waals surface area (Å²) >= 11 is 7.93. The topological polar surface area (TPSA) is 87.6 Å². The average Bonchev–Trinajstić information content (AvgIpc) is 3.55. The third kappa shape index (κ3) is 6.89. The van der Waals surface area contributed by atoms with Gasteiger partial charge in [-0.25, -0.2) is 0 Å². The summed E-state index contributed by atoms with van der Waals surface area (Å²) in [5.41, 5.74) is 2.37. The van der Waals surface area contributed by atoms with Crippen molar-refractivity contribution in [1.82, 2.24) is 4.90 Å². The van der Waals surface area contributed by atoms with Gasteiger partial charge in [0.25, 0.3) is 5.91 Å². The van der Waals surface area contributed by atoms with Crippen molar-refractivity contribution in [2.24, 2.45) is 10.2 Å². The summed E-state index contributed by atoms with van der Waals surface area (Å²) in [5, 5.41) is 19.5. The summed E-state index contributed by atoms with van der Waals surface area (Å²) in [6.45, 7) is 0.658. The molecule has 1 saturated heterocycles. The number of carbonyl (C=O) groups excluding carboxylic acids is 1. The number of ether oxygens (including phenoxy) is 1. The van der Waals surface area contributed by atoms with Crippen LogP contribution in [0.2, 0.25) is 0 Å². The van der Waals surface area contributed by atoms with Crippen molar-refractivity contribution in [2.45, 2.75) is 13.2 Å². The van der Waals surface area contributed by atoms with E-state index in [-0.39, 0.29) is 18.2 Å². The van der Waals surface area contributed by atoms with Crippen molar-refractivity contribution in [1.29, 1.82) is 0 Å². The van der Waals surface area contributed by atoms with E-state index >= 15 is 0 Å². The van der Waals surface area contributed by atoms with Crippen LogP contribution in [0.3, 0.4) is 0 Å². The maximum Gasteiger partial charge on any atom is 0.267 e. The Morgan fingerprint density at radius 3 is 2.67 bits per heavy atom. The van der Waals surface area contributed by atoms with E-state index in [4.69, 9.17) is 9.15 Å². The Labute approximate surface area is 246 Å². The molecule has 10 heteroatoms. The van der Waals surface area contributed by atoms with Gasteiger partial charge in [-0.2, -0.15) is 5.10 Å². The lowest BCUT2D eigenvalue weighted by Gasteiger charge is -2.12. The molecule has 0 spiro atoms. The van der Waals surface area contributed by atoms with Crippen LogP contribution >= 0.6 is 43.6 Å². The minimum Gasteiger partial charge on any atom is -0.506 e. The Balaban J connectivity index is 1.37. The molecular formula is C29H21Br2N3O4S. The molecule has 0 saturated carbocycles. The highest BCUT2D eigenvalue weighted by molar-refractivity contribution is 9.11. The first-order valence-electron chi connectivity index (χ1n) is 11.8. The van der Waals surface area contributed by atoms with Crippen molar-refractivity contribution >= 4 is 67.0 Å². The number of thioether (sulfide) groups is 1. The highest BCUT2D eigenvalue weighted by atomic mass is 79.9. The highest BCUT2D eigenvalue weighted by Gasteiger charge is 2.34. The molecule has 1 amide bonds. The molecule has 1 aliphatic rings. The molecule has 0 radical (unpaired) electrons. The normalized spacial score (nSPS) is 15.6. The van der Waals surface area contributed by atoms with Crippen LogP contribution in [0.25, 0.3) is 6.08 Å². The fraction of sp³-hybridized carbons (Fsp3) is 0.0690. The summed E-state index contributed by atoms with van der Waals surface area (Å²) in [6.07, 6.45) is 4.79. The second kappa shape index (κ2) is 12.5. The van der Waals surface area contributed by atoms with Crippen LogP contribution in [0.15, 0.2) is 114 Å². The van der Waals surface area contributed by atoms with Gasteiger partial charge in [0.1, 0.15) is 23.9 Å². The summed E-state index contributed by atoms with van der Waals surface area (Å²) in [4.78, 5) is 15.2. The predicted octanol–water partition coefficient (Wildman–Crippen LogP) is 7.60. The van der Waals surface area contributed by atoms with Gasteiger partial charge in [0, 0.05) is 10.0 Å². The Hall–Kier alpha value is -3.60. The van der Waals surface area contributed by atoms with Gasteiger partial charge in [0.2, 0.25) is 0 Å². The van der Waals surface area contributed by atoms with E-state index in [1.54, 1.807) is 42.8 Å². The number of furan rings is 1. The van der Waals surface area contributed by atoms with Crippen LogP contribution in [0.5, 0.6) is 11.5 Å². The standard InChI is InChI=1S/C29H21Br2N3O4S/c30-22-13-21(27(35)25(31)15-22)14-26-28(36)34(17-24-10-5-11-37-24)29(39-26)33-32-16-20-8-4-9-23(12-20)38-18-19-6-2-1-3-7-19/h1-16,35H,17-18H2/b26-14-,32-16+,33-29-. The Kier molecular flexibility index (Phi) is 8.65. The Morgan fingerprint density at radius 1 is 1.03 bits per heavy atom. The zero-order valence-electron chi connectivity index (χ0n) is 20.3. The molecule has 0 aliphatic carbocycles. The van der Waals surface area contributed by atoms with Crippen LogP contribution in [-0.2, 0) is 17.9 Å². The monoisotopic (exact) mass is 665 g/mol. The Morgan fingerprint density at radius 2 is 1.87 bits per heavy atom. The number of carbonyl (C=O) groups is 1. The van der Waals surface area contributed by atoms with Gasteiger partial charge in [0.05, 0.1) is 28.4 Å². The van der Waals surface area contributed by atoms with Crippen molar-refractivity contribution in [3.05, 3.63) is 121 Å². The molecule has 1 fully saturated rings. The van der Waals surface area contributed by atoms with E-state index < -0.39 is 0 Å². The van der Waals surface area contributed by atoms with Gasteiger partial charge in [-0.15, -0.1) is 5.10 Å². The third-order valence-electron chi connectivity index (χ3n) is 5.58. The zero-order chi connectivity index (χ0) is 27.2. The number of phenolic OH excluding ortho intramolecular Hbond substituents is 1. The number of nitrogens with zero attached hydrogens (tertiary/aromatic N) is 3. The molecule has 1 N–H and O–H groups in total. The van der Waals surface area contributed by atoms with Gasteiger partial charge in [-0.05, 0) is 81.3 Å². The summed E-state index contributed by atoms with van der Waals surface area (Å²) in [5.74, 6) is 1.09. The maximum absolute atomic E-state index is 13.3. The van der Waals surface area contributed by atoms with Crippen LogP contribution in [0.1, 0.15) is 22.5 Å². The first-order valence-corrected chi connectivity index (χ1v) is 14.2. The molecule has 7 nitrogen and oxygen atoms in total. The fourth-order valence-electron chi connectivity index (χ4n) is 3.69. The minimum atomic E-state index is -0.267. The minimum absolute atomic E-state index is 0.0365. The van der Waals surface area contributed by atoms with Crippen molar-refractivity contribution in [2.75, 3.05) is 0 Å². The number of amidine groups is 1. The first-order chi connectivity index (χ1) is 19.0. The molecule has 3 aromatic carbocycles. The second-order valence-corrected chi connectivity index (χ2v) is 11.2. The van der Waals surface area contributed by atoms with Gasteiger partial charge >= 0.3 is 0 Å². The lowest BCUT2D eigenvalue weighted by Crippen LogP contribution is -2.28. The van der Waals surface area contributed by atoms with Crippen LogP contribution < -0.4 is 4.74 Å². The second-order valence-electron chi connectivity index (χ2n) is 8.38. The van der Waals surface area contributed by atoms with Gasteiger partial charge in [0.15, 0.2) is 5.17 Å². The van der Waals surface area contributed by atoms with E-state index in [1.807, 2.05) is 54.6 Å². The van der Waals surface area contributed by atoms with Crippen LogP contribution in [0.4, 0.5) is 0 Å². The van der Waals surface area contributed by atoms with E-state index in [9.17, 15) is 9.90 Å². The number of amides is 1. The highest BCUT2D eigenvalue weighted by Crippen LogP contribution is 2.38. The molecule has 1 aliphatic heterocycles. The predicted molar refractivity (Wildman–Crippen MR) is 161 cm³/mol. The SMILES string of the molecule is O=C1/C(=C/c2cc(Br)cc(Br)c2O)S/C(=N\N=C\c2cccc(OCc3ccccc3)c2)N1Cc1ccco1. The number of hydrogen-bond donors (Lipinski definition) is 1. The molecule has 5 rings (SSSR count). The molecule has 1 aromatic heterocycles. The number of hydrogen-bond acceptors (Lipinski definition) is 7. The van der Waals surface area contributed by atoms with E-state index in [0.29, 0.717) is 38.2 Å². The van der Waals surface area contributed by atoms with Crippen molar-refractivity contribution in [3.63, 3.8) is 0 Å². The zero-order valence-corrected chi connectivity index (χ0v) is 24.3. The van der Waals surface area contributed by atoms with E-state index in [2.05, 4.69) is 42.1 Å². The molecular weight excluding hydrogens is 646 g/mol. The van der Waals surface area contributed by atoms with Crippen LogP contribution in [-0.4, -0.2) is 27.3 Å². The third-order valence-corrected chi connectivity index (χ3v) is 7.64. The molecule has 196 valence electrons. The lowest BCUT2D eigenvalue weighted by atomic mass is 10.2. The van der Waals surface area contributed by atoms with Crippen LogP contribution in [0, 0.1) is 0 Å². The molecule has 0 unspecified atom stereocenters. The van der Waals surface area contributed by atoms with Gasteiger partial charge in [-0.1, -0.05) is 58.4 Å². The molecule has 0 bridgehead atoms. The number of aromatic hydroxyl groups is 1. The summed E-state index contributed by atoms with van der Waals surface area (Å²) in [6, 6.07) is 24.5. The number of benzene rings is 3. The quantitative estimate of drug-likeness (QED) is 0.119. The largest absolute Gasteiger partial charge is 0.506 e. The molecule has 39 heavy (non-hydrogen) atoms. The number of halogens is 2. The van der Waals surface area contributed by atoms with Crippen molar-refractivity contribution < 1.29 is 19.1 Å². The summed E-state index contributed by atoms with van der Waals surface area (Å²) < 4.78 is 12.6. The maximum atomic E-state index is 13.3. The van der Waals surface area contributed by atoms with E-state index in [0.717, 1.165) is 15.6 Å². The summed E-state index contributed by atoms with van der Waals surface area (Å²) in [7, 11) is 0. The van der Waals surface area contributed by atoms with E-state index in [1.165, 1.54) is 16.7 Å². The lowest BCUT2D eigenvalue weighted by molar-refractivity contribution is -0.122. The number of phenols is 1. The fourth-order valence-corrected chi connectivity index (χ4v) is 5.87. The Bertz CT molecular complexity index is 1570. The average molecular weight is 667 g/mol. The first kappa shape index (κ1) is 27.0. The smallest absolute Gasteiger partial charge is 0.267 e. The number of rotatable bonds is 8. The molecule has 4 aromatic rings. The van der Waals surface area contributed by atoms with Crippen molar-refractivity contribution in [3.8, 4) is 11.5 Å². The molecule has 0 atom stereocenters. The van der Waals surface area contributed by atoms with Gasteiger partial charge < -0.3 is 14.3 Å². The van der Waals surface area contributed by atoms with Gasteiger partial charge in [-0.3, -0.25) is 9.69 Å².